The predicted molar refractivity (Wildman–Crippen MR) is 134 cm³/mol. The molecule has 1 aliphatic heterocycles. The maximum Gasteiger partial charge on any atom is 0.243 e. The highest BCUT2D eigenvalue weighted by Gasteiger charge is 2.28. The molecular weight excluding hydrogens is 495 g/mol. The summed E-state index contributed by atoms with van der Waals surface area (Å²) in [7, 11) is 2.88. The Morgan fingerprint density at radius 2 is 1.89 bits per heavy atom. The van der Waals surface area contributed by atoms with E-state index >= 15 is 0 Å². The summed E-state index contributed by atoms with van der Waals surface area (Å²) in [4.78, 5) is 32.6. The zero-order valence-electron chi connectivity index (χ0n) is 19.1. The number of ether oxygens (including phenoxy) is 3. The number of aromatic amines is 1. The number of carbonyl (C=O) groups excluding carboxylic acids is 2. The van der Waals surface area contributed by atoms with Crippen LogP contribution in [0.1, 0.15) is 22.5 Å². The summed E-state index contributed by atoms with van der Waals surface area (Å²) in [6.07, 6.45) is 3.52. The summed E-state index contributed by atoms with van der Waals surface area (Å²) in [6.45, 7) is 4.46. The number of nitrogens with one attached hydrogen (secondary N) is 3. The highest BCUT2D eigenvalue weighted by Crippen LogP contribution is 2.41. The Bertz CT molecular complexity index is 1260. The fraction of sp³-hybridized carbons (Fsp3) is 0.292. The molecule has 11 heteroatoms. The molecule has 1 aromatic carbocycles. The number of hydrogen-bond acceptors (Lipinski definition) is 7. The van der Waals surface area contributed by atoms with Crippen LogP contribution in [0.4, 0.5) is 5.82 Å². The van der Waals surface area contributed by atoms with E-state index in [1.807, 2.05) is 0 Å². The minimum atomic E-state index is -0.421. The molecule has 2 atom stereocenters. The fourth-order valence-electron chi connectivity index (χ4n) is 3.94. The Morgan fingerprint density at radius 3 is 2.54 bits per heavy atom. The quantitative estimate of drug-likeness (QED) is 0.305. The highest BCUT2D eigenvalue weighted by atomic mass is 35.5. The molecule has 0 saturated carbocycles. The van der Waals surface area contributed by atoms with Crippen LogP contribution in [0.25, 0.3) is 10.9 Å². The summed E-state index contributed by atoms with van der Waals surface area (Å²) >= 11 is 12.8. The third kappa shape index (κ3) is 5.07. The van der Waals surface area contributed by atoms with Gasteiger partial charge in [-0.3, -0.25) is 9.59 Å². The molecule has 9 nitrogen and oxygen atoms in total. The van der Waals surface area contributed by atoms with Crippen LogP contribution in [0.5, 0.6) is 11.5 Å². The number of rotatable bonds is 8. The van der Waals surface area contributed by atoms with Crippen LogP contribution in [0, 0.1) is 0 Å². The van der Waals surface area contributed by atoms with Gasteiger partial charge < -0.3 is 29.8 Å². The molecule has 184 valence electrons. The molecule has 2 unspecified atom stereocenters. The maximum atomic E-state index is 13.4. The first-order valence-electron chi connectivity index (χ1n) is 10.8. The van der Waals surface area contributed by atoms with Gasteiger partial charge in [-0.25, -0.2) is 4.98 Å². The Hall–Kier alpha value is -3.27. The number of methoxy groups -OCH3 is 2. The van der Waals surface area contributed by atoms with Gasteiger partial charge in [-0.1, -0.05) is 29.8 Å². The van der Waals surface area contributed by atoms with E-state index in [1.54, 1.807) is 18.3 Å². The van der Waals surface area contributed by atoms with Gasteiger partial charge in [0.05, 0.1) is 65.9 Å². The van der Waals surface area contributed by atoms with Crippen molar-refractivity contribution >= 4 is 51.6 Å². The molecule has 35 heavy (non-hydrogen) atoms. The van der Waals surface area contributed by atoms with Crippen LogP contribution in [-0.4, -0.2) is 61.2 Å². The third-order valence-corrected chi connectivity index (χ3v) is 6.50. The van der Waals surface area contributed by atoms with Gasteiger partial charge in [0.25, 0.3) is 0 Å². The first-order valence-corrected chi connectivity index (χ1v) is 11.5. The van der Waals surface area contributed by atoms with E-state index in [9.17, 15) is 9.59 Å². The number of aromatic nitrogens is 2. The van der Waals surface area contributed by atoms with Crippen LogP contribution in [0.3, 0.4) is 0 Å². The van der Waals surface area contributed by atoms with E-state index in [-0.39, 0.29) is 50.8 Å². The van der Waals surface area contributed by atoms with Gasteiger partial charge >= 0.3 is 0 Å². The largest absolute Gasteiger partial charge is 0.495 e. The molecule has 2 aromatic heterocycles. The van der Waals surface area contributed by atoms with E-state index in [1.165, 1.54) is 26.4 Å². The average Bonchev–Trinajstić information content (AvgIpc) is 3.29. The molecule has 0 spiro atoms. The van der Waals surface area contributed by atoms with E-state index in [4.69, 9.17) is 37.4 Å². The average molecular weight is 519 g/mol. The summed E-state index contributed by atoms with van der Waals surface area (Å²) in [5, 5.41) is 7.16. The number of fused-ring (bicyclic) bond motifs is 1. The topological polar surface area (TPSA) is 115 Å². The zero-order valence-corrected chi connectivity index (χ0v) is 20.6. The molecule has 0 bridgehead atoms. The summed E-state index contributed by atoms with van der Waals surface area (Å²) in [5.74, 6) is 0.452. The van der Waals surface area contributed by atoms with Crippen molar-refractivity contribution in [1.82, 2.24) is 15.3 Å². The lowest BCUT2D eigenvalue weighted by Crippen LogP contribution is -2.52. The van der Waals surface area contributed by atoms with E-state index in [0.717, 1.165) is 5.39 Å². The normalized spacial score (nSPS) is 17.6. The number of benzene rings is 1. The lowest BCUT2D eigenvalue weighted by Gasteiger charge is -2.32. The molecule has 0 aliphatic carbocycles. The van der Waals surface area contributed by atoms with Crippen molar-refractivity contribution in [3.05, 3.63) is 58.4 Å². The van der Waals surface area contributed by atoms with Crippen molar-refractivity contribution in [2.75, 3.05) is 32.8 Å². The van der Waals surface area contributed by atoms with Gasteiger partial charge in [0.1, 0.15) is 17.3 Å². The lowest BCUT2D eigenvalue weighted by molar-refractivity contribution is -0.117. The monoisotopic (exact) mass is 518 g/mol. The van der Waals surface area contributed by atoms with E-state index in [0.29, 0.717) is 31.0 Å². The number of nitrogens with zero attached hydrogens (tertiary/aromatic N) is 1. The summed E-state index contributed by atoms with van der Waals surface area (Å²) < 4.78 is 16.1. The molecule has 1 amide bonds. The van der Waals surface area contributed by atoms with Gasteiger partial charge in [0.15, 0.2) is 0 Å². The molecule has 3 aromatic rings. The SMILES string of the molecule is C=CC(=O)NC1CCOCC1Nc1cc2cc(C(=O)c3c(Cl)c(OC)cc(OC)c3Cl)[nH]c2cn1. The Labute approximate surface area is 211 Å². The first kappa shape index (κ1) is 24.8. The van der Waals surface area contributed by atoms with Crippen molar-refractivity contribution < 1.29 is 23.8 Å². The van der Waals surface area contributed by atoms with Gasteiger partial charge in [0.2, 0.25) is 11.7 Å². The van der Waals surface area contributed by atoms with Crippen molar-refractivity contribution in [1.29, 1.82) is 0 Å². The van der Waals surface area contributed by atoms with Gasteiger partial charge in [-0.05, 0) is 24.6 Å². The van der Waals surface area contributed by atoms with Crippen LogP contribution < -0.4 is 20.1 Å². The molecule has 3 N–H and O–H groups in total. The number of H-pyrrole nitrogens is 1. The highest BCUT2D eigenvalue weighted by molar-refractivity contribution is 6.42. The fourth-order valence-corrected chi connectivity index (χ4v) is 4.61. The minimum Gasteiger partial charge on any atom is -0.495 e. The van der Waals surface area contributed by atoms with E-state index < -0.39 is 5.78 Å². The number of amides is 1. The Balaban J connectivity index is 1.62. The number of hydrogen-bond donors (Lipinski definition) is 3. The van der Waals surface area contributed by atoms with Crippen molar-refractivity contribution in [3.8, 4) is 11.5 Å². The maximum absolute atomic E-state index is 13.4. The zero-order chi connectivity index (χ0) is 25.1. The van der Waals surface area contributed by atoms with Gasteiger partial charge in [-0.15, -0.1) is 0 Å². The molecular formula is C24H24Cl2N4O5. The van der Waals surface area contributed by atoms with Crippen molar-refractivity contribution in [2.24, 2.45) is 0 Å². The Kier molecular flexibility index (Phi) is 7.49. The van der Waals surface area contributed by atoms with Crippen molar-refractivity contribution in [2.45, 2.75) is 18.5 Å². The van der Waals surface area contributed by atoms with Crippen LogP contribution >= 0.6 is 23.2 Å². The number of ketones is 1. The lowest BCUT2D eigenvalue weighted by atomic mass is 10.0. The van der Waals surface area contributed by atoms with Gasteiger partial charge in [0, 0.05) is 18.1 Å². The number of halogens is 2. The second kappa shape index (κ2) is 10.6. The summed E-state index contributed by atoms with van der Waals surface area (Å²) in [5.41, 5.74) is 0.996. The van der Waals surface area contributed by atoms with Crippen LogP contribution in [0.15, 0.2) is 37.1 Å². The Morgan fingerprint density at radius 1 is 1.17 bits per heavy atom. The van der Waals surface area contributed by atoms with Gasteiger partial charge in [-0.2, -0.15) is 0 Å². The van der Waals surface area contributed by atoms with Crippen LogP contribution in [-0.2, 0) is 9.53 Å². The standard InChI is InChI=1S/C24H24Cl2N4O5/c1-4-20(31)30-13-5-6-35-11-16(13)29-19-8-12-7-14(28-15(12)10-27-19)24(32)21-22(25)17(33-2)9-18(34-3)23(21)26/h4,7-10,13,16,28H,1,5-6,11H2,2-3H3,(H,27,29)(H,30,31). The smallest absolute Gasteiger partial charge is 0.243 e. The van der Waals surface area contributed by atoms with Crippen molar-refractivity contribution in [3.63, 3.8) is 0 Å². The molecule has 1 aliphatic rings. The second-order valence-corrected chi connectivity index (χ2v) is 8.64. The molecule has 0 radical (unpaired) electrons. The molecule has 3 heterocycles. The number of carbonyl (C=O) groups is 2. The third-order valence-electron chi connectivity index (χ3n) is 5.75. The summed E-state index contributed by atoms with van der Waals surface area (Å²) in [6, 6.07) is 4.70. The molecule has 4 rings (SSSR count). The molecule has 1 saturated heterocycles. The van der Waals surface area contributed by atoms with Crippen LogP contribution in [0.2, 0.25) is 10.0 Å². The number of pyridine rings is 1. The molecule has 1 fully saturated rings. The first-order chi connectivity index (χ1) is 16.9. The minimum absolute atomic E-state index is 0.0718. The van der Waals surface area contributed by atoms with E-state index in [2.05, 4.69) is 27.2 Å². The second-order valence-electron chi connectivity index (χ2n) is 7.89. The predicted octanol–water partition coefficient (Wildman–Crippen LogP) is 3.99. The number of anilines is 1.